The Morgan fingerprint density at radius 3 is 2.77 bits per heavy atom. The topological polar surface area (TPSA) is 176 Å². The zero-order chi connectivity index (χ0) is 29.1. The van der Waals surface area contributed by atoms with Gasteiger partial charge in [0.2, 0.25) is 11.6 Å². The highest BCUT2D eigenvalue weighted by atomic mass is 31.2. The summed E-state index contributed by atoms with van der Waals surface area (Å²) in [7, 11) is -0.941. The van der Waals surface area contributed by atoms with Crippen LogP contribution in [-0.2, 0) is 29.8 Å². The summed E-state index contributed by atoms with van der Waals surface area (Å²) in [6, 6.07) is 8.28. The molecule has 1 aromatic carbocycles. The maximum absolute atomic E-state index is 16.1. The number of fused-ring (bicyclic) bond motifs is 1. The third kappa shape index (κ3) is 5.79. The number of carbonyl (C=O) groups is 1. The molecule has 13 nitrogen and oxygen atoms in total. The predicted octanol–water partition coefficient (Wildman–Crippen LogP) is 1.65. The summed E-state index contributed by atoms with van der Waals surface area (Å²) in [5.41, 5.74) is 4.35. The molecule has 15 heteroatoms. The van der Waals surface area contributed by atoms with Gasteiger partial charge in [0, 0.05) is 13.2 Å². The predicted molar refractivity (Wildman–Crippen MR) is 145 cm³/mol. The maximum atomic E-state index is 16.1. The standard InChI is InChI=1S/C25H31FN7O6P/c1-5-25(26)19(34)17(39-23(25)33-14-29-18-20(28-3)30-24(27)31-21(18)33)13-38-40(36,32-15(2)22(35)37-4)12-11-16-9-7-6-8-10-16/h1,6-10,14-15,17,19,23,34H,11-13H2,2-4H3,(H,32,36)(H3,27,28,30,31)/t15-,17+,19+,23+,25+,40?/m0/s1. The number of carbonyl (C=O) groups excluding carboxylic acids is 1. The average Bonchev–Trinajstić information content (AvgIpc) is 3.48. The number of hydrogen-bond donors (Lipinski definition) is 4. The summed E-state index contributed by atoms with van der Waals surface area (Å²) in [5, 5.41) is 16.4. The molecule has 6 atom stereocenters. The van der Waals surface area contributed by atoms with Gasteiger partial charge in [0.25, 0.3) is 7.52 Å². The molecule has 1 aliphatic heterocycles. The Balaban J connectivity index is 1.58. The number of esters is 1. The van der Waals surface area contributed by atoms with Gasteiger partial charge in [-0.3, -0.25) is 13.9 Å². The van der Waals surface area contributed by atoms with Crippen molar-refractivity contribution in [1.82, 2.24) is 24.6 Å². The monoisotopic (exact) mass is 575 g/mol. The number of nitrogen functional groups attached to an aromatic ring is 1. The zero-order valence-electron chi connectivity index (χ0n) is 22.2. The Kier molecular flexibility index (Phi) is 8.72. The SMILES string of the molecule is C#C[C@@]1(F)[C@H](O)[C@@H](COP(=O)(CCc2ccccc2)N[C@@H](C)C(=O)OC)O[C@H]1n1cnc2c(NC)nc(N)nc21. The molecule has 2 aromatic heterocycles. The highest BCUT2D eigenvalue weighted by Crippen LogP contribution is 2.47. The molecule has 1 aliphatic rings. The number of aryl methyl sites for hydroxylation is 1. The van der Waals surface area contributed by atoms with Crippen molar-refractivity contribution in [3.05, 3.63) is 42.2 Å². The number of benzene rings is 1. The number of terminal acetylenes is 1. The molecule has 0 bridgehead atoms. The van der Waals surface area contributed by atoms with Gasteiger partial charge in [0.1, 0.15) is 18.2 Å². The Bertz CT molecular complexity index is 1450. The molecule has 0 radical (unpaired) electrons. The lowest BCUT2D eigenvalue weighted by atomic mass is 9.97. The average molecular weight is 576 g/mol. The second-order valence-corrected chi connectivity index (χ2v) is 11.5. The minimum atomic E-state index is -3.75. The van der Waals surface area contributed by atoms with E-state index in [4.69, 9.17) is 26.2 Å². The Morgan fingerprint density at radius 2 is 2.12 bits per heavy atom. The van der Waals surface area contributed by atoms with E-state index in [1.165, 1.54) is 24.9 Å². The number of imidazole rings is 1. The van der Waals surface area contributed by atoms with Crippen LogP contribution in [-0.4, -0.2) is 81.4 Å². The molecule has 5 N–H and O–H groups in total. The van der Waals surface area contributed by atoms with E-state index in [9.17, 15) is 14.5 Å². The van der Waals surface area contributed by atoms with Gasteiger partial charge in [-0.1, -0.05) is 36.3 Å². The van der Waals surface area contributed by atoms with Crippen molar-refractivity contribution in [2.75, 3.05) is 38.0 Å². The summed E-state index contributed by atoms with van der Waals surface area (Å²) < 4.78 is 47.5. The first-order valence-corrected chi connectivity index (χ1v) is 14.2. The summed E-state index contributed by atoms with van der Waals surface area (Å²) in [6.07, 6.45) is 2.33. The quantitative estimate of drug-likeness (QED) is 0.148. The molecule has 0 spiro atoms. The smallest absolute Gasteiger partial charge is 0.323 e. The number of hydrogen-bond acceptors (Lipinski definition) is 11. The van der Waals surface area contributed by atoms with Crippen LogP contribution >= 0.6 is 7.52 Å². The van der Waals surface area contributed by atoms with Gasteiger partial charge in [-0.25, -0.2) is 14.5 Å². The van der Waals surface area contributed by atoms with Crippen molar-refractivity contribution in [2.24, 2.45) is 0 Å². The zero-order valence-corrected chi connectivity index (χ0v) is 23.0. The molecule has 4 rings (SSSR count). The van der Waals surface area contributed by atoms with Crippen LogP contribution in [0.15, 0.2) is 36.7 Å². The van der Waals surface area contributed by atoms with Gasteiger partial charge in [-0.05, 0) is 18.9 Å². The van der Waals surface area contributed by atoms with Crippen molar-refractivity contribution in [3.63, 3.8) is 0 Å². The van der Waals surface area contributed by atoms with Crippen LogP contribution in [0.4, 0.5) is 16.2 Å². The second-order valence-electron chi connectivity index (χ2n) is 9.19. The first-order chi connectivity index (χ1) is 19.0. The van der Waals surface area contributed by atoms with Crippen molar-refractivity contribution in [1.29, 1.82) is 0 Å². The molecular weight excluding hydrogens is 544 g/mol. The fourth-order valence-corrected chi connectivity index (χ4v) is 6.36. The van der Waals surface area contributed by atoms with E-state index in [2.05, 4.69) is 25.4 Å². The van der Waals surface area contributed by atoms with Crippen LogP contribution in [0.1, 0.15) is 18.7 Å². The Morgan fingerprint density at radius 1 is 1.40 bits per heavy atom. The van der Waals surface area contributed by atoms with Gasteiger partial charge in [0.05, 0.1) is 20.0 Å². The van der Waals surface area contributed by atoms with Gasteiger partial charge >= 0.3 is 5.97 Å². The summed E-state index contributed by atoms with van der Waals surface area (Å²) in [5.74, 6) is 1.53. The number of nitrogens with zero attached hydrogens (tertiary/aromatic N) is 4. The highest BCUT2D eigenvalue weighted by Gasteiger charge is 2.58. The summed E-state index contributed by atoms with van der Waals surface area (Å²) >= 11 is 0. The fourth-order valence-electron chi connectivity index (χ4n) is 4.40. The lowest BCUT2D eigenvalue weighted by molar-refractivity contribution is -0.142. The van der Waals surface area contributed by atoms with Gasteiger partial charge in [-0.15, -0.1) is 6.42 Å². The van der Waals surface area contributed by atoms with Crippen molar-refractivity contribution < 1.29 is 32.9 Å². The highest BCUT2D eigenvalue weighted by molar-refractivity contribution is 7.56. The van der Waals surface area contributed by atoms with Gasteiger partial charge < -0.3 is 30.2 Å². The first-order valence-electron chi connectivity index (χ1n) is 12.4. The Labute approximate surface area is 230 Å². The van der Waals surface area contributed by atoms with E-state index >= 15 is 4.39 Å². The number of nitrogens with one attached hydrogen (secondary N) is 2. The maximum Gasteiger partial charge on any atom is 0.323 e. The molecule has 1 saturated heterocycles. The number of halogens is 1. The van der Waals surface area contributed by atoms with E-state index in [0.29, 0.717) is 12.2 Å². The van der Waals surface area contributed by atoms with E-state index in [-0.39, 0.29) is 23.3 Å². The van der Waals surface area contributed by atoms with Crippen LogP contribution in [0.25, 0.3) is 11.2 Å². The van der Waals surface area contributed by atoms with Crippen LogP contribution in [0.2, 0.25) is 0 Å². The van der Waals surface area contributed by atoms with Crippen LogP contribution in [0.5, 0.6) is 0 Å². The minimum absolute atomic E-state index is 0.00432. The van der Waals surface area contributed by atoms with Gasteiger partial charge in [0.15, 0.2) is 23.2 Å². The fraction of sp³-hybridized carbons (Fsp3) is 0.440. The number of aliphatic hydroxyl groups is 1. The van der Waals surface area contributed by atoms with Crippen LogP contribution in [0.3, 0.4) is 0 Å². The third-order valence-electron chi connectivity index (χ3n) is 6.53. The molecule has 1 fully saturated rings. The largest absolute Gasteiger partial charge is 0.468 e. The number of methoxy groups -OCH3 is 1. The van der Waals surface area contributed by atoms with E-state index in [1.807, 2.05) is 36.3 Å². The van der Waals surface area contributed by atoms with E-state index < -0.39 is 50.2 Å². The van der Waals surface area contributed by atoms with Crippen molar-refractivity contribution in [3.8, 4) is 12.3 Å². The van der Waals surface area contributed by atoms with Crippen molar-refractivity contribution in [2.45, 2.75) is 43.5 Å². The number of aliphatic hydroxyl groups excluding tert-OH is 1. The molecule has 0 amide bonds. The first kappa shape index (κ1) is 29.4. The number of alkyl halides is 1. The third-order valence-corrected chi connectivity index (χ3v) is 8.68. The molecule has 1 unspecified atom stereocenters. The molecular formula is C25H31FN7O6P. The molecule has 3 heterocycles. The van der Waals surface area contributed by atoms with Crippen LogP contribution in [0, 0.1) is 12.3 Å². The van der Waals surface area contributed by atoms with Crippen LogP contribution < -0.4 is 16.1 Å². The summed E-state index contributed by atoms with van der Waals surface area (Å²) in [4.78, 5) is 24.4. The number of ether oxygens (including phenoxy) is 2. The minimum Gasteiger partial charge on any atom is -0.468 e. The normalized spacial score (nSPS) is 24.8. The number of anilines is 2. The molecule has 0 saturated carbocycles. The number of rotatable bonds is 11. The number of aromatic nitrogens is 4. The van der Waals surface area contributed by atoms with Crippen molar-refractivity contribution >= 4 is 36.4 Å². The lowest BCUT2D eigenvalue weighted by Crippen LogP contribution is -2.42. The second kappa shape index (κ2) is 11.9. The molecule has 40 heavy (non-hydrogen) atoms. The molecule has 3 aromatic rings. The van der Waals surface area contributed by atoms with Gasteiger partial charge in [-0.2, -0.15) is 9.97 Å². The Hall–Kier alpha value is -3.60. The number of nitrogens with two attached hydrogens (primary N) is 1. The summed E-state index contributed by atoms with van der Waals surface area (Å²) in [6.45, 7) is 0.965. The lowest BCUT2D eigenvalue weighted by Gasteiger charge is -2.25. The molecule has 214 valence electrons. The van der Waals surface area contributed by atoms with E-state index in [0.717, 1.165) is 5.56 Å². The van der Waals surface area contributed by atoms with E-state index in [1.54, 1.807) is 7.05 Å². The molecule has 0 aliphatic carbocycles.